The quantitative estimate of drug-likeness (QED) is 0.760. The topological polar surface area (TPSA) is 38.3 Å². The van der Waals surface area contributed by atoms with Crippen LogP contribution < -0.4 is 10.1 Å². The molecule has 2 aromatic rings. The van der Waals surface area contributed by atoms with Crippen LogP contribution in [0.25, 0.3) is 0 Å². The van der Waals surface area contributed by atoms with Crippen molar-refractivity contribution in [3.8, 4) is 5.75 Å². The van der Waals surface area contributed by atoms with Gasteiger partial charge in [-0.2, -0.15) is 0 Å². The number of para-hydroxylation sites is 1. The van der Waals surface area contributed by atoms with Crippen LogP contribution in [0.3, 0.4) is 0 Å². The fraction of sp³-hybridized carbons (Fsp3) is 0.133. The Kier molecular flexibility index (Phi) is 5.51. The van der Waals surface area contributed by atoms with E-state index in [-0.39, 0.29) is 5.91 Å². The van der Waals surface area contributed by atoms with Gasteiger partial charge in [0.1, 0.15) is 5.75 Å². The number of anilines is 1. The first kappa shape index (κ1) is 16.1. The second-order valence-electron chi connectivity index (χ2n) is 4.12. The van der Waals surface area contributed by atoms with Crippen molar-refractivity contribution < 1.29 is 9.53 Å². The van der Waals surface area contributed by atoms with Gasteiger partial charge in [0, 0.05) is 4.47 Å². The molecule has 0 spiro atoms. The van der Waals surface area contributed by atoms with Crippen LogP contribution in [0.15, 0.2) is 40.9 Å². The van der Waals surface area contributed by atoms with Gasteiger partial charge in [0.05, 0.1) is 27.9 Å². The van der Waals surface area contributed by atoms with Crippen LogP contribution in [0.1, 0.15) is 17.3 Å². The number of carbonyl (C=O) groups excluding carboxylic acids is 1. The minimum atomic E-state index is -0.338. The Bertz CT molecular complexity index is 656. The Morgan fingerprint density at radius 1 is 1.24 bits per heavy atom. The summed E-state index contributed by atoms with van der Waals surface area (Å²) in [6.45, 7) is 2.32. The number of rotatable bonds is 4. The second kappa shape index (κ2) is 7.16. The van der Waals surface area contributed by atoms with E-state index in [9.17, 15) is 4.79 Å². The molecule has 0 saturated carbocycles. The van der Waals surface area contributed by atoms with E-state index >= 15 is 0 Å². The molecule has 0 atom stereocenters. The SMILES string of the molecule is CCOc1ccc(Br)cc1C(=O)Nc1c(Cl)cccc1Cl. The molecule has 6 heteroatoms. The summed E-state index contributed by atoms with van der Waals surface area (Å²) in [5, 5.41) is 3.47. The van der Waals surface area contributed by atoms with Gasteiger partial charge in [-0.1, -0.05) is 45.2 Å². The number of nitrogens with one attached hydrogen (secondary N) is 1. The summed E-state index contributed by atoms with van der Waals surface area (Å²) in [6, 6.07) is 10.3. The smallest absolute Gasteiger partial charge is 0.259 e. The minimum Gasteiger partial charge on any atom is -0.493 e. The highest BCUT2D eigenvalue weighted by Gasteiger charge is 2.16. The maximum absolute atomic E-state index is 12.4. The number of hydrogen-bond acceptors (Lipinski definition) is 2. The van der Waals surface area contributed by atoms with Crippen molar-refractivity contribution >= 4 is 50.7 Å². The zero-order chi connectivity index (χ0) is 15.4. The third kappa shape index (κ3) is 3.90. The number of halogens is 3. The standard InChI is InChI=1S/C15H12BrCl2NO2/c1-2-21-13-7-6-9(16)8-10(13)15(20)19-14-11(17)4-3-5-12(14)18/h3-8H,2H2,1H3,(H,19,20). The first-order valence-electron chi connectivity index (χ1n) is 6.20. The second-order valence-corrected chi connectivity index (χ2v) is 5.85. The molecular weight excluding hydrogens is 377 g/mol. The molecule has 0 unspecified atom stereocenters. The first-order chi connectivity index (χ1) is 10.0. The molecule has 21 heavy (non-hydrogen) atoms. The van der Waals surface area contributed by atoms with Crippen molar-refractivity contribution in [3.05, 3.63) is 56.5 Å². The van der Waals surface area contributed by atoms with Crippen LogP contribution >= 0.6 is 39.1 Å². The lowest BCUT2D eigenvalue weighted by atomic mass is 10.2. The summed E-state index contributed by atoms with van der Waals surface area (Å²) >= 11 is 15.4. The number of hydrogen-bond donors (Lipinski definition) is 1. The van der Waals surface area contributed by atoms with Crippen LogP contribution in [0.4, 0.5) is 5.69 Å². The van der Waals surface area contributed by atoms with Gasteiger partial charge in [-0.05, 0) is 37.3 Å². The molecule has 3 nitrogen and oxygen atoms in total. The van der Waals surface area contributed by atoms with E-state index in [1.807, 2.05) is 13.0 Å². The maximum Gasteiger partial charge on any atom is 0.259 e. The highest BCUT2D eigenvalue weighted by molar-refractivity contribution is 9.10. The molecule has 0 aliphatic carbocycles. The van der Waals surface area contributed by atoms with E-state index < -0.39 is 0 Å². The Balaban J connectivity index is 2.34. The van der Waals surface area contributed by atoms with Gasteiger partial charge in [-0.15, -0.1) is 0 Å². The van der Waals surface area contributed by atoms with E-state index in [1.165, 1.54) is 0 Å². The zero-order valence-electron chi connectivity index (χ0n) is 11.1. The maximum atomic E-state index is 12.4. The molecule has 0 saturated heterocycles. The van der Waals surface area contributed by atoms with Crippen molar-refractivity contribution in [3.63, 3.8) is 0 Å². The fourth-order valence-corrected chi connectivity index (χ4v) is 2.61. The number of benzene rings is 2. The lowest BCUT2D eigenvalue weighted by molar-refractivity contribution is 0.102. The van der Waals surface area contributed by atoms with E-state index in [0.717, 1.165) is 4.47 Å². The van der Waals surface area contributed by atoms with Crippen molar-refractivity contribution in [1.29, 1.82) is 0 Å². The minimum absolute atomic E-state index is 0.338. The van der Waals surface area contributed by atoms with E-state index in [2.05, 4.69) is 21.2 Å². The van der Waals surface area contributed by atoms with Gasteiger partial charge >= 0.3 is 0 Å². The monoisotopic (exact) mass is 387 g/mol. The average molecular weight is 389 g/mol. The molecule has 0 aliphatic rings. The molecule has 1 amide bonds. The number of carbonyl (C=O) groups is 1. The summed E-state index contributed by atoms with van der Waals surface area (Å²) in [5.41, 5.74) is 0.787. The fourth-order valence-electron chi connectivity index (χ4n) is 1.76. The van der Waals surface area contributed by atoms with E-state index in [1.54, 1.807) is 30.3 Å². The molecule has 0 bridgehead atoms. The van der Waals surface area contributed by atoms with Gasteiger partial charge in [-0.25, -0.2) is 0 Å². The lowest BCUT2D eigenvalue weighted by Gasteiger charge is -2.12. The molecule has 0 fully saturated rings. The molecule has 1 N–H and O–H groups in total. The van der Waals surface area contributed by atoms with Crippen LogP contribution in [0.2, 0.25) is 10.0 Å². The highest BCUT2D eigenvalue weighted by Crippen LogP contribution is 2.31. The van der Waals surface area contributed by atoms with Crippen LogP contribution in [0.5, 0.6) is 5.75 Å². The summed E-state index contributed by atoms with van der Waals surface area (Å²) in [4.78, 5) is 12.4. The lowest BCUT2D eigenvalue weighted by Crippen LogP contribution is -2.14. The van der Waals surface area contributed by atoms with Crippen LogP contribution in [-0.4, -0.2) is 12.5 Å². The Morgan fingerprint density at radius 3 is 2.52 bits per heavy atom. The Hall–Kier alpha value is -1.23. The molecule has 110 valence electrons. The third-order valence-corrected chi connectivity index (χ3v) is 3.81. The Labute approximate surface area is 141 Å². The van der Waals surface area contributed by atoms with Gasteiger partial charge in [0.2, 0.25) is 0 Å². The largest absolute Gasteiger partial charge is 0.493 e. The summed E-state index contributed by atoms with van der Waals surface area (Å²) < 4.78 is 6.24. The predicted molar refractivity (Wildman–Crippen MR) is 89.7 cm³/mol. The molecule has 0 heterocycles. The van der Waals surface area contributed by atoms with Crippen LogP contribution in [-0.2, 0) is 0 Å². The van der Waals surface area contributed by atoms with Crippen molar-refractivity contribution in [2.45, 2.75) is 6.92 Å². The Morgan fingerprint density at radius 2 is 1.90 bits per heavy atom. The molecule has 0 aliphatic heterocycles. The van der Waals surface area contributed by atoms with Crippen LogP contribution in [0, 0.1) is 0 Å². The normalized spacial score (nSPS) is 10.3. The first-order valence-corrected chi connectivity index (χ1v) is 7.75. The molecule has 0 aromatic heterocycles. The zero-order valence-corrected chi connectivity index (χ0v) is 14.2. The van der Waals surface area contributed by atoms with Crippen molar-refractivity contribution in [2.24, 2.45) is 0 Å². The number of amides is 1. The van der Waals surface area contributed by atoms with E-state index in [0.29, 0.717) is 33.7 Å². The van der Waals surface area contributed by atoms with E-state index in [4.69, 9.17) is 27.9 Å². The molecule has 0 radical (unpaired) electrons. The summed E-state index contributed by atoms with van der Waals surface area (Å²) in [6.07, 6.45) is 0. The van der Waals surface area contributed by atoms with Gasteiger partial charge in [-0.3, -0.25) is 4.79 Å². The third-order valence-electron chi connectivity index (χ3n) is 2.69. The van der Waals surface area contributed by atoms with Crippen molar-refractivity contribution in [2.75, 3.05) is 11.9 Å². The van der Waals surface area contributed by atoms with Gasteiger partial charge in [0.15, 0.2) is 0 Å². The summed E-state index contributed by atoms with van der Waals surface area (Å²) in [7, 11) is 0. The van der Waals surface area contributed by atoms with Gasteiger partial charge < -0.3 is 10.1 Å². The predicted octanol–water partition coefficient (Wildman–Crippen LogP) is 5.41. The molecular formula is C15H12BrCl2NO2. The van der Waals surface area contributed by atoms with Gasteiger partial charge in [0.25, 0.3) is 5.91 Å². The highest BCUT2D eigenvalue weighted by atomic mass is 79.9. The number of ether oxygens (including phenoxy) is 1. The van der Waals surface area contributed by atoms with Crippen molar-refractivity contribution in [1.82, 2.24) is 0 Å². The average Bonchev–Trinajstić information content (AvgIpc) is 2.45. The molecule has 2 aromatic carbocycles. The molecule has 2 rings (SSSR count). The summed E-state index contributed by atoms with van der Waals surface area (Å²) in [5.74, 6) is 0.163.